The molecule has 2 aromatic heterocycles. The van der Waals surface area contributed by atoms with Gasteiger partial charge in [0, 0.05) is 39.4 Å². The number of hydrogen-bond donors (Lipinski definition) is 1. The van der Waals surface area contributed by atoms with Crippen LogP contribution in [0.15, 0.2) is 29.1 Å². The van der Waals surface area contributed by atoms with Crippen LogP contribution < -0.4 is 5.56 Å². The molecule has 0 aliphatic heterocycles. The first-order chi connectivity index (χ1) is 8.63. The maximum atomic E-state index is 12.1. The van der Waals surface area contributed by atoms with E-state index >= 15 is 0 Å². The molecule has 0 aromatic carbocycles. The lowest BCUT2D eigenvalue weighted by Gasteiger charge is -2.22. The number of carbonyl (C=O) groups is 1. The summed E-state index contributed by atoms with van der Waals surface area (Å²) >= 11 is 1.73. The number of fused-ring (bicyclic) bond motifs is 1. The summed E-state index contributed by atoms with van der Waals surface area (Å²) in [4.78, 5) is 28.7. The summed E-state index contributed by atoms with van der Waals surface area (Å²) in [6.45, 7) is 2.06. The normalized spacial score (nSPS) is 18.7. The van der Waals surface area contributed by atoms with Crippen molar-refractivity contribution in [3.8, 4) is 0 Å². The second-order valence-corrected chi connectivity index (χ2v) is 6.01. The van der Waals surface area contributed by atoms with Gasteiger partial charge in [0.05, 0.1) is 0 Å². The minimum Gasteiger partial charge on any atom is -0.325 e. The molecule has 2 aromatic rings. The van der Waals surface area contributed by atoms with E-state index in [9.17, 15) is 9.59 Å². The number of hydrogen-bond acceptors (Lipinski definition) is 3. The first kappa shape index (κ1) is 11.4. The summed E-state index contributed by atoms with van der Waals surface area (Å²) in [5.41, 5.74) is 1.33. The minimum absolute atomic E-state index is 0.128. The summed E-state index contributed by atoms with van der Waals surface area (Å²) in [6, 6.07) is 7.23. The van der Waals surface area contributed by atoms with Gasteiger partial charge in [-0.05, 0) is 31.5 Å². The molecule has 0 spiro atoms. The smallest absolute Gasteiger partial charge is 0.248 e. The van der Waals surface area contributed by atoms with Gasteiger partial charge in [-0.3, -0.25) is 9.59 Å². The third-order valence-electron chi connectivity index (χ3n) is 3.35. The molecule has 0 fully saturated rings. The van der Waals surface area contributed by atoms with Crippen molar-refractivity contribution in [3.63, 3.8) is 0 Å². The number of Topliss-reactive ketones (excluding diaryl/α,β-unsaturated/α-hetero) is 1. The molecule has 92 valence electrons. The third-order valence-corrected chi connectivity index (χ3v) is 4.51. The van der Waals surface area contributed by atoms with E-state index in [-0.39, 0.29) is 17.3 Å². The van der Waals surface area contributed by atoms with E-state index in [1.54, 1.807) is 17.4 Å². The number of rotatable bonds is 1. The van der Waals surface area contributed by atoms with Crippen molar-refractivity contribution in [1.29, 1.82) is 0 Å². The highest BCUT2D eigenvalue weighted by Crippen LogP contribution is 2.34. The molecule has 1 atom stereocenters. The molecule has 3 rings (SSSR count). The fourth-order valence-electron chi connectivity index (χ4n) is 2.47. The molecule has 1 aliphatic carbocycles. The molecule has 0 saturated heterocycles. The van der Waals surface area contributed by atoms with Gasteiger partial charge in [-0.2, -0.15) is 0 Å². The molecule has 0 radical (unpaired) electrons. The average Bonchev–Trinajstić information content (AvgIpc) is 2.75. The minimum atomic E-state index is -0.135. The molecule has 1 N–H and O–H groups in total. The Morgan fingerprint density at radius 1 is 1.17 bits per heavy atom. The quantitative estimate of drug-likeness (QED) is 0.856. The SMILES string of the molecule is Cc1ccc([C@@H]2CC(=O)c3ccc(=O)[nH]c3C2)s1. The highest BCUT2D eigenvalue weighted by Gasteiger charge is 2.27. The monoisotopic (exact) mass is 259 g/mol. The second kappa shape index (κ2) is 4.21. The predicted octanol–water partition coefficient (Wildman–Crippen LogP) is 2.66. The predicted molar refractivity (Wildman–Crippen MR) is 71.5 cm³/mol. The number of aromatic amines is 1. The number of aromatic nitrogens is 1. The first-order valence-electron chi connectivity index (χ1n) is 5.95. The molecular weight excluding hydrogens is 246 g/mol. The van der Waals surface area contributed by atoms with E-state index in [4.69, 9.17) is 0 Å². The van der Waals surface area contributed by atoms with Crippen LogP contribution >= 0.6 is 11.3 Å². The molecule has 0 bridgehead atoms. The van der Waals surface area contributed by atoms with Crippen molar-refractivity contribution in [1.82, 2.24) is 4.98 Å². The largest absolute Gasteiger partial charge is 0.325 e. The van der Waals surface area contributed by atoms with E-state index in [0.29, 0.717) is 12.0 Å². The van der Waals surface area contributed by atoms with E-state index in [1.807, 2.05) is 0 Å². The third kappa shape index (κ3) is 1.93. The number of nitrogens with one attached hydrogen (secondary N) is 1. The number of carbonyl (C=O) groups excluding carboxylic acids is 1. The molecular formula is C14H13NO2S. The van der Waals surface area contributed by atoms with Crippen LogP contribution in [0.3, 0.4) is 0 Å². The number of aryl methyl sites for hydroxylation is 1. The van der Waals surface area contributed by atoms with Crippen molar-refractivity contribution in [2.24, 2.45) is 0 Å². The summed E-state index contributed by atoms with van der Waals surface area (Å²) in [5, 5.41) is 0. The van der Waals surface area contributed by atoms with Crippen LogP contribution in [-0.2, 0) is 6.42 Å². The maximum absolute atomic E-state index is 12.1. The number of pyridine rings is 1. The zero-order valence-electron chi connectivity index (χ0n) is 10.0. The molecule has 4 heteroatoms. The van der Waals surface area contributed by atoms with Crippen LogP contribution in [0.4, 0.5) is 0 Å². The van der Waals surface area contributed by atoms with E-state index in [2.05, 4.69) is 24.0 Å². The van der Waals surface area contributed by atoms with E-state index < -0.39 is 0 Å². The van der Waals surface area contributed by atoms with Crippen LogP contribution in [-0.4, -0.2) is 10.8 Å². The van der Waals surface area contributed by atoms with Gasteiger partial charge in [0.2, 0.25) is 5.56 Å². The van der Waals surface area contributed by atoms with Gasteiger partial charge >= 0.3 is 0 Å². The zero-order chi connectivity index (χ0) is 12.7. The van der Waals surface area contributed by atoms with Gasteiger partial charge in [-0.1, -0.05) is 0 Å². The highest BCUT2D eigenvalue weighted by atomic mass is 32.1. The lowest BCUT2D eigenvalue weighted by Crippen LogP contribution is -2.22. The standard InChI is InChI=1S/C14H13NO2S/c1-8-2-4-13(18-8)9-6-11-10(12(16)7-9)3-5-14(17)15-11/h2-5,9H,6-7H2,1H3,(H,15,17)/t9-/m0/s1. The molecule has 0 amide bonds. The molecule has 1 aliphatic rings. The Bertz CT molecular complexity index is 668. The fraction of sp³-hybridized carbons (Fsp3) is 0.286. The highest BCUT2D eigenvalue weighted by molar-refractivity contribution is 7.12. The van der Waals surface area contributed by atoms with Crippen LogP contribution in [0.2, 0.25) is 0 Å². The van der Waals surface area contributed by atoms with Crippen molar-refractivity contribution in [2.45, 2.75) is 25.7 Å². The number of thiophene rings is 1. The van der Waals surface area contributed by atoms with Gasteiger partial charge in [-0.15, -0.1) is 11.3 Å². The van der Waals surface area contributed by atoms with E-state index in [1.165, 1.54) is 15.8 Å². The van der Waals surface area contributed by atoms with Crippen LogP contribution in [0.1, 0.15) is 38.1 Å². The van der Waals surface area contributed by atoms with Crippen molar-refractivity contribution in [2.75, 3.05) is 0 Å². The second-order valence-electron chi connectivity index (χ2n) is 4.69. The molecule has 0 saturated carbocycles. The Kier molecular flexibility index (Phi) is 2.67. The van der Waals surface area contributed by atoms with Gasteiger partial charge in [-0.25, -0.2) is 0 Å². The van der Waals surface area contributed by atoms with E-state index in [0.717, 1.165) is 12.1 Å². The summed E-state index contributed by atoms with van der Waals surface area (Å²) in [7, 11) is 0. The lowest BCUT2D eigenvalue weighted by molar-refractivity contribution is 0.0963. The Balaban J connectivity index is 2.00. The molecule has 18 heavy (non-hydrogen) atoms. The lowest BCUT2D eigenvalue weighted by atomic mass is 9.85. The van der Waals surface area contributed by atoms with Crippen molar-refractivity contribution in [3.05, 3.63) is 55.6 Å². The number of H-pyrrole nitrogens is 1. The number of ketones is 1. The van der Waals surface area contributed by atoms with Gasteiger partial charge in [0.1, 0.15) is 0 Å². The fourth-order valence-corrected chi connectivity index (χ4v) is 3.44. The van der Waals surface area contributed by atoms with Crippen LogP contribution in [0.5, 0.6) is 0 Å². The zero-order valence-corrected chi connectivity index (χ0v) is 10.8. The van der Waals surface area contributed by atoms with Gasteiger partial charge < -0.3 is 4.98 Å². The van der Waals surface area contributed by atoms with Gasteiger partial charge in [0.25, 0.3) is 0 Å². The maximum Gasteiger partial charge on any atom is 0.248 e. The van der Waals surface area contributed by atoms with Gasteiger partial charge in [0.15, 0.2) is 5.78 Å². The van der Waals surface area contributed by atoms with Crippen molar-refractivity contribution < 1.29 is 4.79 Å². The molecule has 2 heterocycles. The van der Waals surface area contributed by atoms with Crippen LogP contribution in [0, 0.1) is 6.92 Å². The molecule has 0 unspecified atom stereocenters. The Morgan fingerprint density at radius 2 is 2.00 bits per heavy atom. The summed E-state index contributed by atoms with van der Waals surface area (Å²) in [5.74, 6) is 0.338. The summed E-state index contributed by atoms with van der Waals surface area (Å²) in [6.07, 6.45) is 1.29. The first-order valence-corrected chi connectivity index (χ1v) is 6.77. The molecule has 3 nitrogen and oxygen atoms in total. The Morgan fingerprint density at radius 3 is 2.72 bits per heavy atom. The van der Waals surface area contributed by atoms with Crippen LogP contribution in [0.25, 0.3) is 0 Å². The Hall–Kier alpha value is -1.68. The Labute approximate surface area is 108 Å². The van der Waals surface area contributed by atoms with Crippen molar-refractivity contribution >= 4 is 17.1 Å². The summed E-state index contributed by atoms with van der Waals surface area (Å²) < 4.78 is 0. The average molecular weight is 259 g/mol. The topological polar surface area (TPSA) is 49.9 Å².